The van der Waals surface area contributed by atoms with Gasteiger partial charge < -0.3 is 4.90 Å². The van der Waals surface area contributed by atoms with Gasteiger partial charge in [-0.05, 0) is 40.6 Å². The number of benzene rings is 1. The monoisotopic (exact) mass is 391 g/mol. The van der Waals surface area contributed by atoms with E-state index in [1.165, 1.54) is 21.6 Å². The van der Waals surface area contributed by atoms with Crippen molar-refractivity contribution in [3.8, 4) is 10.4 Å². The molecule has 1 saturated heterocycles. The number of likely N-dealkylation sites (N-methyl/N-ethyl adjacent to an activating group) is 1. The first-order valence-corrected chi connectivity index (χ1v) is 10.6. The highest BCUT2D eigenvalue weighted by atomic mass is 32.1. The molecule has 1 aromatic carbocycles. The van der Waals surface area contributed by atoms with Gasteiger partial charge >= 0.3 is 0 Å². The van der Waals surface area contributed by atoms with Crippen molar-refractivity contribution in [1.29, 1.82) is 0 Å². The van der Waals surface area contributed by atoms with Gasteiger partial charge in [0.15, 0.2) is 0 Å². The van der Waals surface area contributed by atoms with Crippen molar-refractivity contribution in [3.05, 3.63) is 77.4 Å². The van der Waals surface area contributed by atoms with Crippen LogP contribution in [0.5, 0.6) is 0 Å². The van der Waals surface area contributed by atoms with Crippen LogP contribution < -0.4 is 0 Å². The van der Waals surface area contributed by atoms with Crippen LogP contribution in [0.4, 0.5) is 0 Å². The minimum Gasteiger partial charge on any atom is -0.344 e. The second-order valence-corrected chi connectivity index (χ2v) is 8.38. The Morgan fingerprint density at radius 1 is 1.07 bits per heavy atom. The molecule has 0 aliphatic carbocycles. The molecule has 0 bridgehead atoms. The van der Waals surface area contributed by atoms with Crippen molar-refractivity contribution in [3.63, 3.8) is 0 Å². The molecule has 1 fully saturated rings. The smallest absolute Gasteiger partial charge is 0.227 e. The molecule has 0 radical (unpaired) electrons. The van der Waals surface area contributed by atoms with Gasteiger partial charge in [-0.1, -0.05) is 36.4 Å². The van der Waals surface area contributed by atoms with Crippen LogP contribution >= 0.6 is 11.3 Å². The molecular formula is C23H25N3OS. The number of amides is 1. The summed E-state index contributed by atoms with van der Waals surface area (Å²) in [6, 6.07) is 16.9. The zero-order chi connectivity index (χ0) is 19.3. The summed E-state index contributed by atoms with van der Waals surface area (Å²) in [7, 11) is 1.92. The number of carbonyl (C=O) groups excluding carboxylic acids is 1. The van der Waals surface area contributed by atoms with E-state index >= 15 is 0 Å². The Labute approximate surface area is 170 Å². The molecule has 1 amide bonds. The van der Waals surface area contributed by atoms with Crippen LogP contribution in [-0.4, -0.2) is 47.4 Å². The summed E-state index contributed by atoms with van der Waals surface area (Å²) in [6.07, 6.45) is 4.48. The fourth-order valence-electron chi connectivity index (χ4n) is 3.77. The Balaban J connectivity index is 1.47. The molecule has 5 heteroatoms. The number of rotatable bonds is 5. The minimum atomic E-state index is -0.0169. The maximum Gasteiger partial charge on any atom is 0.227 e. The molecule has 4 rings (SSSR count). The molecule has 1 aliphatic rings. The van der Waals surface area contributed by atoms with E-state index in [0.29, 0.717) is 0 Å². The third-order valence-corrected chi connectivity index (χ3v) is 6.25. The number of nitrogens with zero attached hydrogens (tertiary/aromatic N) is 3. The fraction of sp³-hybridized carbons (Fsp3) is 0.304. The van der Waals surface area contributed by atoms with Gasteiger partial charge in [0.05, 0.1) is 5.92 Å². The van der Waals surface area contributed by atoms with Crippen LogP contribution in [0.15, 0.2) is 66.3 Å². The summed E-state index contributed by atoms with van der Waals surface area (Å²) in [5.74, 6) is 0.229. The number of hydrogen-bond donors (Lipinski definition) is 0. The maximum atomic E-state index is 12.9. The van der Waals surface area contributed by atoms with E-state index in [1.54, 1.807) is 17.5 Å². The predicted molar refractivity (Wildman–Crippen MR) is 114 cm³/mol. The molecule has 1 aliphatic heterocycles. The number of thiophene rings is 1. The molecule has 1 atom stereocenters. The summed E-state index contributed by atoms with van der Waals surface area (Å²) in [5.41, 5.74) is 3.65. The normalized spacial score (nSPS) is 18.2. The number of aromatic nitrogens is 1. The van der Waals surface area contributed by atoms with E-state index in [2.05, 4.69) is 57.7 Å². The first-order valence-electron chi connectivity index (χ1n) is 9.68. The average Bonchev–Trinajstić information content (AvgIpc) is 3.23. The van der Waals surface area contributed by atoms with Crippen LogP contribution in [0.3, 0.4) is 0 Å². The van der Waals surface area contributed by atoms with Crippen molar-refractivity contribution in [2.75, 3.05) is 26.7 Å². The zero-order valence-electron chi connectivity index (χ0n) is 16.1. The van der Waals surface area contributed by atoms with Gasteiger partial charge in [0, 0.05) is 50.5 Å². The third-order valence-electron chi connectivity index (χ3n) is 5.33. The van der Waals surface area contributed by atoms with Crippen molar-refractivity contribution < 1.29 is 4.79 Å². The van der Waals surface area contributed by atoms with Gasteiger partial charge in [-0.3, -0.25) is 14.7 Å². The first-order chi connectivity index (χ1) is 13.7. The standard InChI is InChI=1S/C23H25N3OS/c1-25-11-12-26(16-19-4-2-10-24-15-19)17-21(23(25)27)14-18-6-8-20(9-7-18)22-5-3-13-28-22/h2-10,13,15,21H,11-12,14,16-17H2,1H3/t21-/m0/s1. The first kappa shape index (κ1) is 18.8. The summed E-state index contributed by atoms with van der Waals surface area (Å²) < 4.78 is 0. The Morgan fingerprint density at radius 2 is 1.93 bits per heavy atom. The Kier molecular flexibility index (Phi) is 5.84. The predicted octanol–water partition coefficient (Wildman–Crippen LogP) is 3.94. The lowest BCUT2D eigenvalue weighted by atomic mass is 9.96. The number of pyridine rings is 1. The molecule has 4 nitrogen and oxygen atoms in total. The van der Waals surface area contributed by atoms with Crippen LogP contribution in [0.2, 0.25) is 0 Å². The highest BCUT2D eigenvalue weighted by molar-refractivity contribution is 7.13. The van der Waals surface area contributed by atoms with Gasteiger partial charge in [0.2, 0.25) is 5.91 Å². The average molecular weight is 392 g/mol. The summed E-state index contributed by atoms with van der Waals surface area (Å²) in [6.45, 7) is 3.28. The largest absolute Gasteiger partial charge is 0.344 e. The van der Waals surface area contributed by atoms with E-state index in [0.717, 1.165) is 32.6 Å². The van der Waals surface area contributed by atoms with Gasteiger partial charge in [-0.15, -0.1) is 11.3 Å². The van der Waals surface area contributed by atoms with E-state index in [-0.39, 0.29) is 11.8 Å². The lowest BCUT2D eigenvalue weighted by Gasteiger charge is -2.23. The van der Waals surface area contributed by atoms with Crippen LogP contribution in [0.1, 0.15) is 11.1 Å². The molecule has 3 heterocycles. The van der Waals surface area contributed by atoms with Crippen molar-refractivity contribution in [1.82, 2.24) is 14.8 Å². The number of hydrogen-bond acceptors (Lipinski definition) is 4. The Bertz CT molecular complexity index is 893. The van der Waals surface area contributed by atoms with E-state index in [1.807, 2.05) is 24.2 Å². The highest BCUT2D eigenvalue weighted by Gasteiger charge is 2.28. The number of carbonyl (C=O) groups is 1. The summed E-state index contributed by atoms with van der Waals surface area (Å²) >= 11 is 1.75. The molecule has 0 spiro atoms. The van der Waals surface area contributed by atoms with Crippen molar-refractivity contribution in [2.24, 2.45) is 5.92 Å². The Hall–Kier alpha value is -2.50. The third kappa shape index (κ3) is 4.49. The van der Waals surface area contributed by atoms with Crippen LogP contribution in [-0.2, 0) is 17.8 Å². The van der Waals surface area contributed by atoms with Gasteiger partial charge in [0.1, 0.15) is 0 Å². The van der Waals surface area contributed by atoms with Crippen LogP contribution in [0, 0.1) is 5.92 Å². The molecular weight excluding hydrogens is 366 g/mol. The molecule has 0 saturated carbocycles. The van der Waals surface area contributed by atoms with E-state index in [4.69, 9.17) is 0 Å². The minimum absolute atomic E-state index is 0.0169. The molecule has 28 heavy (non-hydrogen) atoms. The zero-order valence-corrected chi connectivity index (χ0v) is 16.9. The molecule has 0 N–H and O–H groups in total. The topological polar surface area (TPSA) is 36.4 Å². The summed E-state index contributed by atoms with van der Waals surface area (Å²) in [5, 5.41) is 2.10. The second-order valence-electron chi connectivity index (χ2n) is 7.43. The quantitative estimate of drug-likeness (QED) is 0.661. The van der Waals surface area contributed by atoms with E-state index < -0.39 is 0 Å². The van der Waals surface area contributed by atoms with Gasteiger partial charge in [-0.2, -0.15) is 0 Å². The summed E-state index contributed by atoms with van der Waals surface area (Å²) in [4.78, 5) is 22.6. The molecule has 2 aromatic heterocycles. The van der Waals surface area contributed by atoms with E-state index in [9.17, 15) is 4.79 Å². The second kappa shape index (κ2) is 8.67. The SMILES string of the molecule is CN1CCN(Cc2cccnc2)C[C@H](Cc2ccc(-c3cccs3)cc2)C1=O. The van der Waals surface area contributed by atoms with Gasteiger partial charge in [-0.25, -0.2) is 0 Å². The van der Waals surface area contributed by atoms with Crippen molar-refractivity contribution >= 4 is 17.2 Å². The molecule has 144 valence electrons. The highest BCUT2D eigenvalue weighted by Crippen LogP contribution is 2.26. The van der Waals surface area contributed by atoms with Crippen molar-refractivity contribution in [2.45, 2.75) is 13.0 Å². The van der Waals surface area contributed by atoms with Gasteiger partial charge in [0.25, 0.3) is 0 Å². The lowest BCUT2D eigenvalue weighted by molar-refractivity contribution is -0.133. The Morgan fingerprint density at radius 3 is 2.64 bits per heavy atom. The fourth-order valence-corrected chi connectivity index (χ4v) is 4.51. The lowest BCUT2D eigenvalue weighted by Crippen LogP contribution is -2.34. The van der Waals surface area contributed by atoms with Crippen LogP contribution in [0.25, 0.3) is 10.4 Å². The maximum absolute atomic E-state index is 12.9. The molecule has 3 aromatic rings. The molecule has 0 unspecified atom stereocenters.